The molecule has 0 aliphatic rings. The maximum absolute atomic E-state index is 12.2. The fourth-order valence-electron chi connectivity index (χ4n) is 2.54. The molecule has 0 atom stereocenters. The van der Waals surface area contributed by atoms with Crippen molar-refractivity contribution < 1.29 is 17.6 Å². The highest BCUT2D eigenvalue weighted by Gasteiger charge is 2.15. The molecule has 3 rings (SSSR count). The van der Waals surface area contributed by atoms with Crippen LogP contribution in [-0.4, -0.2) is 19.3 Å². The quantitative estimate of drug-likeness (QED) is 0.675. The molecule has 0 radical (unpaired) electrons. The SMILES string of the molecule is Cc1oc(-c2ccccc2)nc1CC(=O)NCc1cccc(S(N)(=O)=O)c1. The number of amides is 1. The van der Waals surface area contributed by atoms with Gasteiger partial charge in [-0.2, -0.15) is 0 Å². The van der Waals surface area contributed by atoms with E-state index in [4.69, 9.17) is 9.56 Å². The number of nitrogens with one attached hydrogen (secondary N) is 1. The number of carbonyl (C=O) groups is 1. The Hall–Kier alpha value is -2.97. The number of aromatic nitrogens is 1. The molecule has 1 amide bonds. The molecule has 2 aromatic carbocycles. The lowest BCUT2D eigenvalue weighted by molar-refractivity contribution is -0.120. The summed E-state index contributed by atoms with van der Waals surface area (Å²) in [6.45, 7) is 1.95. The molecule has 1 aromatic heterocycles. The number of benzene rings is 2. The number of aryl methyl sites for hydroxylation is 1. The maximum atomic E-state index is 12.2. The minimum atomic E-state index is -3.78. The van der Waals surface area contributed by atoms with E-state index in [0.717, 1.165) is 5.56 Å². The molecule has 1 heterocycles. The van der Waals surface area contributed by atoms with Gasteiger partial charge in [0.25, 0.3) is 0 Å². The van der Waals surface area contributed by atoms with E-state index in [0.29, 0.717) is 22.9 Å². The normalized spacial score (nSPS) is 11.3. The van der Waals surface area contributed by atoms with Gasteiger partial charge in [0.2, 0.25) is 21.8 Å². The third-order valence-electron chi connectivity index (χ3n) is 3.96. The lowest BCUT2D eigenvalue weighted by Gasteiger charge is -2.06. The van der Waals surface area contributed by atoms with Crippen LogP contribution in [0.15, 0.2) is 63.9 Å². The molecule has 0 aliphatic carbocycles. The Morgan fingerprint density at radius 2 is 1.89 bits per heavy atom. The Balaban J connectivity index is 1.64. The zero-order valence-corrected chi connectivity index (χ0v) is 15.5. The topological polar surface area (TPSA) is 115 Å². The molecule has 0 bridgehead atoms. The van der Waals surface area contributed by atoms with Crippen LogP contribution in [0.2, 0.25) is 0 Å². The molecule has 0 unspecified atom stereocenters. The van der Waals surface area contributed by atoms with Gasteiger partial charge in [0.15, 0.2) is 0 Å². The third kappa shape index (κ3) is 4.81. The average Bonchev–Trinajstić information content (AvgIpc) is 3.01. The van der Waals surface area contributed by atoms with Crippen molar-refractivity contribution in [1.29, 1.82) is 0 Å². The Bertz CT molecular complexity index is 1060. The molecule has 0 saturated carbocycles. The molecule has 27 heavy (non-hydrogen) atoms. The zero-order chi connectivity index (χ0) is 19.4. The first kappa shape index (κ1) is 18.8. The van der Waals surface area contributed by atoms with E-state index < -0.39 is 10.0 Å². The van der Waals surface area contributed by atoms with Crippen LogP contribution in [0.5, 0.6) is 0 Å². The maximum Gasteiger partial charge on any atom is 0.238 e. The van der Waals surface area contributed by atoms with Gasteiger partial charge in [0.05, 0.1) is 17.0 Å². The van der Waals surface area contributed by atoms with Crippen molar-refractivity contribution in [2.45, 2.75) is 24.8 Å². The molecule has 0 aliphatic heterocycles. The highest BCUT2D eigenvalue weighted by atomic mass is 32.2. The van der Waals surface area contributed by atoms with E-state index in [1.54, 1.807) is 19.1 Å². The second kappa shape index (κ2) is 7.73. The van der Waals surface area contributed by atoms with Gasteiger partial charge in [-0.25, -0.2) is 18.5 Å². The molecule has 0 saturated heterocycles. The van der Waals surface area contributed by atoms with Crippen molar-refractivity contribution in [1.82, 2.24) is 10.3 Å². The predicted octanol–water partition coefficient (Wildman–Crippen LogP) is 2.16. The molecule has 3 aromatic rings. The van der Waals surface area contributed by atoms with E-state index in [1.165, 1.54) is 12.1 Å². The Labute approximate surface area is 157 Å². The van der Waals surface area contributed by atoms with Crippen LogP contribution >= 0.6 is 0 Å². The first-order valence-corrected chi connectivity index (χ1v) is 9.78. The van der Waals surface area contributed by atoms with Crippen molar-refractivity contribution in [3.05, 3.63) is 71.6 Å². The number of hydrogen-bond donors (Lipinski definition) is 2. The molecule has 0 fully saturated rings. The van der Waals surface area contributed by atoms with Crippen LogP contribution in [0.1, 0.15) is 17.0 Å². The van der Waals surface area contributed by atoms with E-state index in [-0.39, 0.29) is 23.8 Å². The fourth-order valence-corrected chi connectivity index (χ4v) is 3.13. The second-order valence-corrected chi connectivity index (χ2v) is 7.60. The van der Waals surface area contributed by atoms with Crippen LogP contribution in [0.25, 0.3) is 11.5 Å². The number of oxazole rings is 1. The van der Waals surface area contributed by atoms with E-state index in [9.17, 15) is 13.2 Å². The van der Waals surface area contributed by atoms with E-state index >= 15 is 0 Å². The van der Waals surface area contributed by atoms with Gasteiger partial charge in [-0.1, -0.05) is 30.3 Å². The lowest BCUT2D eigenvalue weighted by Crippen LogP contribution is -2.25. The van der Waals surface area contributed by atoms with Crippen LogP contribution < -0.4 is 10.5 Å². The molecule has 140 valence electrons. The van der Waals surface area contributed by atoms with Crippen LogP contribution in [0.3, 0.4) is 0 Å². The van der Waals surface area contributed by atoms with Crippen LogP contribution in [0, 0.1) is 6.92 Å². The van der Waals surface area contributed by atoms with Gasteiger partial charge < -0.3 is 9.73 Å². The number of nitrogens with zero attached hydrogens (tertiary/aromatic N) is 1. The third-order valence-corrected chi connectivity index (χ3v) is 4.87. The number of carbonyl (C=O) groups excluding carboxylic acids is 1. The smallest absolute Gasteiger partial charge is 0.238 e. The Morgan fingerprint density at radius 1 is 1.15 bits per heavy atom. The predicted molar refractivity (Wildman–Crippen MR) is 100 cm³/mol. The van der Waals surface area contributed by atoms with Crippen LogP contribution in [0.4, 0.5) is 0 Å². The lowest BCUT2D eigenvalue weighted by atomic mass is 10.2. The largest absolute Gasteiger partial charge is 0.441 e. The van der Waals surface area contributed by atoms with Crippen molar-refractivity contribution >= 4 is 15.9 Å². The summed E-state index contributed by atoms with van der Waals surface area (Å²) in [6, 6.07) is 15.6. The van der Waals surface area contributed by atoms with Crippen molar-refractivity contribution in [3.63, 3.8) is 0 Å². The van der Waals surface area contributed by atoms with Crippen molar-refractivity contribution in [2.24, 2.45) is 5.14 Å². The van der Waals surface area contributed by atoms with Crippen LogP contribution in [-0.2, 0) is 27.8 Å². The average molecular weight is 385 g/mol. The first-order chi connectivity index (χ1) is 12.8. The molecular weight excluding hydrogens is 366 g/mol. The number of hydrogen-bond acceptors (Lipinski definition) is 5. The number of primary sulfonamides is 1. The summed E-state index contributed by atoms with van der Waals surface area (Å²) in [6.07, 6.45) is 0.0665. The standard InChI is InChI=1S/C19H19N3O4S/c1-13-17(22-19(26-13)15-7-3-2-4-8-15)11-18(23)21-12-14-6-5-9-16(10-14)27(20,24)25/h2-10H,11-12H2,1H3,(H,21,23)(H2,20,24,25). The van der Waals surface area contributed by atoms with Gasteiger partial charge in [-0.15, -0.1) is 0 Å². The summed E-state index contributed by atoms with van der Waals surface area (Å²) < 4.78 is 28.4. The van der Waals surface area contributed by atoms with Gasteiger partial charge in [-0.3, -0.25) is 4.79 Å². The zero-order valence-electron chi connectivity index (χ0n) is 14.7. The Morgan fingerprint density at radius 3 is 2.59 bits per heavy atom. The summed E-state index contributed by atoms with van der Waals surface area (Å²) in [5, 5.41) is 7.86. The van der Waals surface area contributed by atoms with Crippen molar-refractivity contribution in [2.75, 3.05) is 0 Å². The van der Waals surface area contributed by atoms with Crippen molar-refractivity contribution in [3.8, 4) is 11.5 Å². The summed E-state index contributed by atoms with van der Waals surface area (Å²) >= 11 is 0. The molecule has 7 nitrogen and oxygen atoms in total. The fraction of sp³-hybridized carbons (Fsp3) is 0.158. The summed E-state index contributed by atoms with van der Waals surface area (Å²) in [4.78, 5) is 16.6. The number of nitrogens with two attached hydrogens (primary N) is 1. The van der Waals surface area contributed by atoms with E-state index in [1.807, 2.05) is 30.3 Å². The highest BCUT2D eigenvalue weighted by molar-refractivity contribution is 7.89. The molecule has 0 spiro atoms. The highest BCUT2D eigenvalue weighted by Crippen LogP contribution is 2.21. The number of sulfonamides is 1. The minimum Gasteiger partial charge on any atom is -0.441 e. The minimum absolute atomic E-state index is 0.00842. The van der Waals surface area contributed by atoms with Gasteiger partial charge in [-0.05, 0) is 36.8 Å². The summed E-state index contributed by atoms with van der Waals surface area (Å²) in [5.74, 6) is 0.809. The van der Waals surface area contributed by atoms with Gasteiger partial charge in [0, 0.05) is 12.1 Å². The monoisotopic (exact) mass is 385 g/mol. The second-order valence-electron chi connectivity index (χ2n) is 6.03. The molecule has 8 heteroatoms. The summed E-state index contributed by atoms with van der Waals surface area (Å²) in [5.41, 5.74) is 2.04. The molecule has 3 N–H and O–H groups in total. The number of rotatable bonds is 6. The first-order valence-electron chi connectivity index (χ1n) is 8.23. The Kier molecular flexibility index (Phi) is 5.38. The molecular formula is C19H19N3O4S. The summed E-state index contributed by atoms with van der Waals surface area (Å²) in [7, 11) is -3.78. The van der Waals surface area contributed by atoms with Gasteiger partial charge in [0.1, 0.15) is 5.76 Å². The van der Waals surface area contributed by atoms with E-state index in [2.05, 4.69) is 10.3 Å². The van der Waals surface area contributed by atoms with Gasteiger partial charge >= 0.3 is 0 Å².